The summed E-state index contributed by atoms with van der Waals surface area (Å²) in [5.74, 6) is 0.325. The minimum absolute atomic E-state index is 0.0366. The number of rotatable bonds is 3. The molecule has 2 aromatic heterocycles. The number of para-hydroxylation sites is 1. The molecule has 7 nitrogen and oxygen atoms in total. The number of piperidine rings is 1. The molecule has 2 amide bonds. The molecule has 0 saturated carbocycles. The van der Waals surface area contributed by atoms with E-state index in [1.807, 2.05) is 43.3 Å². The molecule has 3 aromatic rings. The van der Waals surface area contributed by atoms with Crippen molar-refractivity contribution in [2.45, 2.75) is 19.8 Å². The van der Waals surface area contributed by atoms with Crippen molar-refractivity contribution in [3.63, 3.8) is 0 Å². The van der Waals surface area contributed by atoms with Crippen LogP contribution in [0.2, 0.25) is 0 Å². The summed E-state index contributed by atoms with van der Waals surface area (Å²) in [6.45, 7) is 2.97. The lowest BCUT2D eigenvalue weighted by atomic mass is 9.95. The fourth-order valence-corrected chi connectivity index (χ4v) is 3.46. The van der Waals surface area contributed by atoms with E-state index in [-0.39, 0.29) is 17.7 Å². The molecule has 2 N–H and O–H groups in total. The molecular formula is C20H21N5O2. The molecule has 0 bridgehead atoms. The van der Waals surface area contributed by atoms with E-state index in [0.29, 0.717) is 37.4 Å². The van der Waals surface area contributed by atoms with Gasteiger partial charge < -0.3 is 10.2 Å². The van der Waals surface area contributed by atoms with E-state index < -0.39 is 0 Å². The van der Waals surface area contributed by atoms with Crippen molar-refractivity contribution in [1.29, 1.82) is 0 Å². The van der Waals surface area contributed by atoms with Crippen LogP contribution in [0.1, 0.15) is 29.0 Å². The third-order valence-electron chi connectivity index (χ3n) is 4.97. The Balaban J connectivity index is 1.38. The zero-order valence-electron chi connectivity index (χ0n) is 15.1. The normalized spacial score (nSPS) is 15.1. The number of carbonyl (C=O) groups is 2. The highest BCUT2D eigenvalue weighted by Crippen LogP contribution is 2.23. The third kappa shape index (κ3) is 3.53. The number of pyridine rings is 1. The molecule has 1 fully saturated rings. The van der Waals surface area contributed by atoms with Gasteiger partial charge in [-0.1, -0.05) is 24.3 Å². The Morgan fingerprint density at radius 2 is 1.89 bits per heavy atom. The Morgan fingerprint density at radius 3 is 2.67 bits per heavy atom. The topological polar surface area (TPSA) is 91.0 Å². The highest BCUT2D eigenvalue weighted by molar-refractivity contribution is 6.04. The predicted molar refractivity (Wildman–Crippen MR) is 102 cm³/mol. The average molecular weight is 363 g/mol. The SMILES string of the molecule is Cc1cccc(NC(=O)C2CCN(C(=O)c3n[nH]c4ccccc34)CC2)n1. The van der Waals surface area contributed by atoms with Gasteiger partial charge in [0, 0.05) is 30.1 Å². The summed E-state index contributed by atoms with van der Waals surface area (Å²) in [5, 5.41) is 10.8. The van der Waals surface area contributed by atoms with Crippen LogP contribution in [0.3, 0.4) is 0 Å². The highest BCUT2D eigenvalue weighted by atomic mass is 16.2. The second kappa shape index (κ2) is 7.19. The quantitative estimate of drug-likeness (QED) is 0.749. The number of likely N-dealkylation sites (tertiary alicyclic amines) is 1. The minimum Gasteiger partial charge on any atom is -0.337 e. The van der Waals surface area contributed by atoms with Gasteiger partial charge in [0.05, 0.1) is 5.52 Å². The number of hydrogen-bond acceptors (Lipinski definition) is 4. The first-order chi connectivity index (χ1) is 13.1. The van der Waals surface area contributed by atoms with Gasteiger partial charge in [0.25, 0.3) is 5.91 Å². The number of amides is 2. The van der Waals surface area contributed by atoms with Crippen molar-refractivity contribution in [1.82, 2.24) is 20.1 Å². The maximum absolute atomic E-state index is 12.8. The van der Waals surface area contributed by atoms with Crippen molar-refractivity contribution < 1.29 is 9.59 Å². The predicted octanol–water partition coefficient (Wildman–Crippen LogP) is 2.76. The third-order valence-corrected chi connectivity index (χ3v) is 4.97. The number of aromatic nitrogens is 3. The summed E-state index contributed by atoms with van der Waals surface area (Å²) in [5.41, 5.74) is 2.15. The van der Waals surface area contributed by atoms with Gasteiger partial charge in [-0.15, -0.1) is 0 Å². The van der Waals surface area contributed by atoms with E-state index in [1.165, 1.54) is 0 Å². The van der Waals surface area contributed by atoms with Gasteiger partial charge in [0.2, 0.25) is 5.91 Å². The van der Waals surface area contributed by atoms with Crippen LogP contribution < -0.4 is 5.32 Å². The molecule has 27 heavy (non-hydrogen) atoms. The number of nitrogens with one attached hydrogen (secondary N) is 2. The van der Waals surface area contributed by atoms with Gasteiger partial charge in [0.15, 0.2) is 5.69 Å². The first-order valence-corrected chi connectivity index (χ1v) is 9.09. The number of hydrogen-bond donors (Lipinski definition) is 2. The van der Waals surface area contributed by atoms with Crippen LogP contribution in [0, 0.1) is 12.8 Å². The van der Waals surface area contributed by atoms with Crippen molar-refractivity contribution in [2.24, 2.45) is 5.92 Å². The Labute approximate surface area is 156 Å². The van der Waals surface area contributed by atoms with E-state index in [4.69, 9.17) is 0 Å². The molecule has 0 atom stereocenters. The van der Waals surface area contributed by atoms with Crippen molar-refractivity contribution in [3.05, 3.63) is 53.9 Å². The maximum atomic E-state index is 12.8. The lowest BCUT2D eigenvalue weighted by Crippen LogP contribution is -2.41. The average Bonchev–Trinajstić information content (AvgIpc) is 3.12. The monoisotopic (exact) mass is 363 g/mol. The van der Waals surface area contributed by atoms with Gasteiger partial charge >= 0.3 is 0 Å². The second-order valence-corrected chi connectivity index (χ2v) is 6.84. The second-order valence-electron chi connectivity index (χ2n) is 6.84. The highest BCUT2D eigenvalue weighted by Gasteiger charge is 2.29. The summed E-state index contributed by atoms with van der Waals surface area (Å²) in [4.78, 5) is 31.4. The van der Waals surface area contributed by atoms with Gasteiger partial charge in [-0.05, 0) is 38.0 Å². The van der Waals surface area contributed by atoms with Gasteiger partial charge in [0.1, 0.15) is 5.82 Å². The van der Waals surface area contributed by atoms with Crippen LogP contribution in [-0.4, -0.2) is 45.0 Å². The molecule has 1 aliphatic rings. The van der Waals surface area contributed by atoms with Crippen LogP contribution in [0.15, 0.2) is 42.5 Å². The molecule has 0 radical (unpaired) electrons. The summed E-state index contributed by atoms with van der Waals surface area (Å²) < 4.78 is 0. The maximum Gasteiger partial charge on any atom is 0.274 e. The number of H-pyrrole nitrogens is 1. The Kier molecular flexibility index (Phi) is 4.58. The number of anilines is 1. The Morgan fingerprint density at radius 1 is 1.11 bits per heavy atom. The standard InChI is InChI=1S/C20H21N5O2/c1-13-5-4-8-17(21-13)22-19(26)14-9-11-25(12-10-14)20(27)18-15-6-2-3-7-16(15)23-24-18/h2-8,14H,9-12H2,1H3,(H,23,24)(H,21,22,26). The smallest absolute Gasteiger partial charge is 0.274 e. The lowest BCUT2D eigenvalue weighted by Gasteiger charge is -2.30. The molecule has 3 heterocycles. The molecule has 1 saturated heterocycles. The summed E-state index contributed by atoms with van der Waals surface area (Å²) in [6.07, 6.45) is 1.26. The number of aromatic amines is 1. The van der Waals surface area contributed by atoms with Gasteiger partial charge in [-0.2, -0.15) is 5.10 Å². The number of carbonyl (C=O) groups excluding carboxylic acids is 2. The largest absolute Gasteiger partial charge is 0.337 e. The number of benzene rings is 1. The van der Waals surface area contributed by atoms with Gasteiger partial charge in [-0.25, -0.2) is 4.98 Å². The lowest BCUT2D eigenvalue weighted by molar-refractivity contribution is -0.121. The summed E-state index contributed by atoms with van der Waals surface area (Å²) in [6, 6.07) is 13.1. The first-order valence-electron chi connectivity index (χ1n) is 9.09. The molecule has 1 aromatic carbocycles. The van der Waals surface area contributed by atoms with E-state index in [2.05, 4.69) is 20.5 Å². The Bertz CT molecular complexity index is 989. The van der Waals surface area contributed by atoms with E-state index in [1.54, 1.807) is 11.0 Å². The van der Waals surface area contributed by atoms with Crippen LogP contribution in [0.25, 0.3) is 10.9 Å². The fourth-order valence-electron chi connectivity index (χ4n) is 3.46. The molecule has 0 aliphatic carbocycles. The van der Waals surface area contributed by atoms with Crippen molar-refractivity contribution >= 4 is 28.5 Å². The zero-order valence-corrected chi connectivity index (χ0v) is 15.1. The molecular weight excluding hydrogens is 342 g/mol. The molecule has 138 valence electrons. The van der Waals surface area contributed by atoms with E-state index in [0.717, 1.165) is 16.6 Å². The Hall–Kier alpha value is -3.22. The van der Waals surface area contributed by atoms with Crippen LogP contribution in [0.4, 0.5) is 5.82 Å². The van der Waals surface area contributed by atoms with Crippen LogP contribution in [-0.2, 0) is 4.79 Å². The fraction of sp³-hybridized carbons (Fsp3) is 0.300. The molecule has 1 aliphatic heterocycles. The van der Waals surface area contributed by atoms with Crippen LogP contribution in [0.5, 0.6) is 0 Å². The summed E-state index contributed by atoms with van der Waals surface area (Å²) >= 11 is 0. The van der Waals surface area contributed by atoms with Crippen molar-refractivity contribution in [2.75, 3.05) is 18.4 Å². The summed E-state index contributed by atoms with van der Waals surface area (Å²) in [7, 11) is 0. The number of fused-ring (bicyclic) bond motifs is 1. The van der Waals surface area contributed by atoms with E-state index in [9.17, 15) is 9.59 Å². The molecule has 0 spiro atoms. The molecule has 4 rings (SSSR count). The number of nitrogens with zero attached hydrogens (tertiary/aromatic N) is 3. The van der Waals surface area contributed by atoms with Crippen molar-refractivity contribution in [3.8, 4) is 0 Å². The first kappa shape index (κ1) is 17.2. The molecule has 0 unspecified atom stereocenters. The zero-order chi connectivity index (χ0) is 18.8. The minimum atomic E-state index is -0.118. The van der Waals surface area contributed by atoms with Gasteiger partial charge in [-0.3, -0.25) is 14.7 Å². The number of aryl methyl sites for hydroxylation is 1. The molecule has 7 heteroatoms. The van der Waals surface area contributed by atoms with Crippen LogP contribution >= 0.6 is 0 Å². The van der Waals surface area contributed by atoms with E-state index >= 15 is 0 Å².